The van der Waals surface area contributed by atoms with Crippen molar-refractivity contribution in [2.24, 2.45) is 0 Å². The van der Waals surface area contributed by atoms with Crippen LogP contribution in [0.1, 0.15) is 10.4 Å². The number of rotatable bonds is 7. The summed E-state index contributed by atoms with van der Waals surface area (Å²) in [6.45, 7) is -0.0826. The summed E-state index contributed by atoms with van der Waals surface area (Å²) in [7, 11) is 2.42. The van der Waals surface area contributed by atoms with E-state index in [2.05, 4.69) is 21.2 Å². The van der Waals surface area contributed by atoms with Crippen molar-refractivity contribution in [1.29, 1.82) is 0 Å². The van der Waals surface area contributed by atoms with Gasteiger partial charge >= 0.3 is 0 Å². The van der Waals surface area contributed by atoms with Gasteiger partial charge in [-0.2, -0.15) is 0 Å². The summed E-state index contributed by atoms with van der Waals surface area (Å²) in [6.07, 6.45) is 0. The molecular formula is C19H22BrN3O5S. The number of amides is 2. The van der Waals surface area contributed by atoms with Crippen LogP contribution in [0.25, 0.3) is 0 Å². The maximum absolute atomic E-state index is 12.5. The maximum atomic E-state index is 12.5. The number of anilines is 1. The second kappa shape index (κ2) is 9.38. The van der Waals surface area contributed by atoms with Gasteiger partial charge in [0.2, 0.25) is 10.0 Å². The van der Waals surface area contributed by atoms with E-state index in [0.29, 0.717) is 15.9 Å². The van der Waals surface area contributed by atoms with Crippen LogP contribution in [0.15, 0.2) is 51.8 Å². The minimum Gasteiger partial charge on any atom is -0.484 e. The molecule has 0 atom stereocenters. The molecule has 0 saturated heterocycles. The average Bonchev–Trinajstić information content (AvgIpc) is 2.67. The topological polar surface area (TPSA) is 96.0 Å². The van der Waals surface area contributed by atoms with Gasteiger partial charge in [-0.3, -0.25) is 9.59 Å². The molecule has 0 unspecified atom stereocenters. The Bertz CT molecular complexity index is 1010. The molecule has 0 heterocycles. The summed E-state index contributed by atoms with van der Waals surface area (Å²) in [5.41, 5.74) is 0.701. The third-order valence-corrected chi connectivity index (χ3v) is 6.73. The summed E-state index contributed by atoms with van der Waals surface area (Å²) in [5, 5.41) is 2.70. The highest BCUT2D eigenvalue weighted by atomic mass is 79.9. The van der Waals surface area contributed by atoms with Crippen LogP contribution in [0, 0.1) is 0 Å². The molecule has 0 fully saturated rings. The van der Waals surface area contributed by atoms with E-state index in [-0.39, 0.29) is 23.0 Å². The van der Waals surface area contributed by atoms with Crippen molar-refractivity contribution >= 4 is 43.5 Å². The van der Waals surface area contributed by atoms with Gasteiger partial charge in [0.15, 0.2) is 6.61 Å². The Morgan fingerprint density at radius 2 is 1.66 bits per heavy atom. The summed E-state index contributed by atoms with van der Waals surface area (Å²) in [6, 6.07) is 10.9. The van der Waals surface area contributed by atoms with Crippen molar-refractivity contribution < 1.29 is 22.7 Å². The first-order valence-corrected chi connectivity index (χ1v) is 10.7. The molecule has 2 aromatic carbocycles. The van der Waals surface area contributed by atoms with Gasteiger partial charge in [-0.05, 0) is 58.4 Å². The normalized spacial score (nSPS) is 11.2. The molecule has 0 spiro atoms. The zero-order valence-corrected chi connectivity index (χ0v) is 18.9. The first kappa shape index (κ1) is 22.9. The number of nitrogens with zero attached hydrogens (tertiary/aromatic N) is 2. The monoisotopic (exact) mass is 483 g/mol. The van der Waals surface area contributed by atoms with E-state index in [1.807, 2.05) is 0 Å². The molecule has 8 nitrogen and oxygen atoms in total. The molecule has 0 aliphatic rings. The molecule has 1 N–H and O–H groups in total. The molecular weight excluding hydrogens is 462 g/mol. The van der Waals surface area contributed by atoms with Crippen molar-refractivity contribution in [2.75, 3.05) is 40.1 Å². The zero-order chi connectivity index (χ0) is 21.8. The predicted molar refractivity (Wildman–Crippen MR) is 114 cm³/mol. The van der Waals surface area contributed by atoms with Crippen molar-refractivity contribution in [1.82, 2.24) is 9.21 Å². The summed E-state index contributed by atoms with van der Waals surface area (Å²) < 4.78 is 31.6. The second-order valence-corrected chi connectivity index (χ2v) is 9.46. The number of carbonyl (C=O) groups excluding carboxylic acids is 2. The Morgan fingerprint density at radius 1 is 1.03 bits per heavy atom. The Kier molecular flexibility index (Phi) is 7.39. The van der Waals surface area contributed by atoms with E-state index < -0.39 is 15.9 Å². The van der Waals surface area contributed by atoms with Crippen molar-refractivity contribution in [2.45, 2.75) is 4.90 Å². The van der Waals surface area contributed by atoms with Gasteiger partial charge in [0.05, 0.1) is 4.90 Å². The fraction of sp³-hybridized carbons (Fsp3) is 0.263. The van der Waals surface area contributed by atoms with Gasteiger partial charge in [-0.25, -0.2) is 12.7 Å². The van der Waals surface area contributed by atoms with Gasteiger partial charge in [-0.15, -0.1) is 0 Å². The molecule has 0 saturated carbocycles. The second-order valence-electron chi connectivity index (χ2n) is 6.49. The lowest BCUT2D eigenvalue weighted by Gasteiger charge is -2.14. The van der Waals surface area contributed by atoms with Crippen LogP contribution in [0.4, 0.5) is 5.69 Å². The summed E-state index contributed by atoms with van der Waals surface area (Å²) in [4.78, 5) is 25.5. The van der Waals surface area contributed by atoms with E-state index in [0.717, 1.165) is 4.31 Å². The van der Waals surface area contributed by atoms with Crippen LogP contribution < -0.4 is 10.1 Å². The summed E-state index contributed by atoms with van der Waals surface area (Å²) >= 11 is 3.21. The van der Waals surface area contributed by atoms with Crippen LogP contribution in [0.2, 0.25) is 0 Å². The minimum absolute atomic E-state index is 0.00413. The number of sulfonamides is 1. The lowest BCUT2D eigenvalue weighted by atomic mass is 10.2. The van der Waals surface area contributed by atoms with Gasteiger partial charge in [-0.1, -0.05) is 0 Å². The van der Waals surface area contributed by atoms with Crippen molar-refractivity contribution in [3.63, 3.8) is 0 Å². The average molecular weight is 484 g/mol. The van der Waals surface area contributed by atoms with Gasteiger partial charge in [0.25, 0.3) is 11.8 Å². The van der Waals surface area contributed by atoms with E-state index in [1.54, 1.807) is 38.4 Å². The number of ether oxygens (including phenoxy) is 1. The molecule has 29 heavy (non-hydrogen) atoms. The Morgan fingerprint density at radius 3 is 2.21 bits per heavy atom. The Balaban J connectivity index is 2.12. The Labute approximate surface area is 178 Å². The van der Waals surface area contributed by atoms with Crippen LogP contribution in [0.3, 0.4) is 0 Å². The molecule has 0 radical (unpaired) electrons. The molecule has 2 amide bonds. The lowest BCUT2D eigenvalue weighted by Crippen LogP contribution is -2.27. The number of carbonyl (C=O) groups is 2. The highest BCUT2D eigenvalue weighted by molar-refractivity contribution is 9.10. The van der Waals surface area contributed by atoms with Crippen molar-refractivity contribution in [3.8, 4) is 5.75 Å². The van der Waals surface area contributed by atoms with Crippen LogP contribution in [-0.4, -0.2) is 64.2 Å². The number of hydrogen-bond donors (Lipinski definition) is 1. The van der Waals surface area contributed by atoms with Crippen molar-refractivity contribution in [3.05, 3.63) is 52.5 Å². The predicted octanol–water partition coefficient (Wildman–Crippen LogP) is 2.42. The first-order chi connectivity index (χ1) is 13.5. The standard InChI is InChI=1S/C19H22BrN3O5S/c1-22(2)18(24)12-28-15-8-6-14(7-9-15)21-19(25)13-5-10-16(20)17(11-13)29(26,27)23(3)4/h5-11H,12H2,1-4H3,(H,21,25). The molecule has 156 valence electrons. The molecule has 10 heteroatoms. The van der Waals surface area contributed by atoms with Crippen LogP contribution in [-0.2, 0) is 14.8 Å². The molecule has 0 bridgehead atoms. The highest BCUT2D eigenvalue weighted by Crippen LogP contribution is 2.26. The molecule has 0 aliphatic heterocycles. The van der Waals surface area contributed by atoms with Gasteiger partial charge in [0.1, 0.15) is 5.75 Å². The molecule has 0 aromatic heterocycles. The third-order valence-electron chi connectivity index (χ3n) is 3.93. The van der Waals surface area contributed by atoms with E-state index in [9.17, 15) is 18.0 Å². The Hall–Kier alpha value is -2.43. The minimum atomic E-state index is -3.70. The third kappa shape index (κ3) is 5.78. The highest BCUT2D eigenvalue weighted by Gasteiger charge is 2.22. The quantitative estimate of drug-likeness (QED) is 0.652. The van der Waals surface area contributed by atoms with Gasteiger partial charge < -0.3 is 15.0 Å². The van der Waals surface area contributed by atoms with E-state index in [1.165, 1.54) is 37.2 Å². The number of nitrogens with one attached hydrogen (secondary N) is 1. The molecule has 0 aliphatic carbocycles. The van der Waals surface area contributed by atoms with Crippen LogP contribution >= 0.6 is 15.9 Å². The van der Waals surface area contributed by atoms with Gasteiger partial charge in [0, 0.05) is 43.9 Å². The maximum Gasteiger partial charge on any atom is 0.259 e. The number of benzene rings is 2. The summed E-state index contributed by atoms with van der Waals surface area (Å²) in [5.74, 6) is -0.133. The smallest absolute Gasteiger partial charge is 0.259 e. The lowest BCUT2D eigenvalue weighted by molar-refractivity contribution is -0.130. The number of halogens is 1. The first-order valence-electron chi connectivity index (χ1n) is 8.49. The fourth-order valence-corrected chi connectivity index (χ4v) is 3.99. The fourth-order valence-electron chi connectivity index (χ4n) is 2.15. The van der Waals surface area contributed by atoms with E-state index in [4.69, 9.17) is 4.74 Å². The molecule has 2 rings (SSSR count). The SMILES string of the molecule is CN(C)C(=O)COc1ccc(NC(=O)c2ccc(Br)c(S(=O)(=O)N(C)C)c2)cc1. The zero-order valence-electron chi connectivity index (χ0n) is 16.5. The number of likely N-dealkylation sites (N-methyl/N-ethyl adjacent to an activating group) is 1. The largest absolute Gasteiger partial charge is 0.484 e. The molecule has 2 aromatic rings. The number of hydrogen-bond acceptors (Lipinski definition) is 5. The van der Waals surface area contributed by atoms with Crippen LogP contribution in [0.5, 0.6) is 5.75 Å². The van der Waals surface area contributed by atoms with E-state index >= 15 is 0 Å².